The zero-order valence-corrected chi connectivity index (χ0v) is 16.7. The molecule has 1 heterocycles. The highest BCUT2D eigenvalue weighted by atomic mass is 35.5. The number of nitrogens with zero attached hydrogens (tertiary/aromatic N) is 3. The maximum Gasteiger partial charge on any atom is 0.323 e. The molecule has 31 heavy (non-hydrogen) atoms. The molecule has 2 amide bonds. The molecule has 0 unspecified atom stereocenters. The Bertz CT molecular complexity index is 1360. The molecule has 3 aromatic carbocycles. The average Bonchev–Trinajstić information content (AvgIpc) is 2.78. The minimum atomic E-state index is -0.461. The summed E-state index contributed by atoms with van der Waals surface area (Å²) >= 11 is 5.92. The van der Waals surface area contributed by atoms with E-state index in [2.05, 4.69) is 20.6 Å². The first-order chi connectivity index (χ1) is 15.0. The molecular weight excluding hydrogens is 414 g/mol. The molecule has 0 aliphatic carbocycles. The van der Waals surface area contributed by atoms with Crippen molar-refractivity contribution in [1.82, 2.24) is 9.97 Å². The van der Waals surface area contributed by atoms with Crippen LogP contribution in [-0.2, 0) is 0 Å². The largest absolute Gasteiger partial charge is 0.323 e. The highest BCUT2D eigenvalue weighted by Gasteiger charge is 2.12. The number of carbonyl (C=O) groups is 2. The number of aromatic nitrogens is 2. The molecule has 0 spiro atoms. The zero-order valence-electron chi connectivity index (χ0n) is 16.0. The van der Waals surface area contributed by atoms with Gasteiger partial charge < -0.3 is 10.6 Å². The van der Waals surface area contributed by atoms with Crippen LogP contribution in [0.4, 0.5) is 16.2 Å². The highest BCUT2D eigenvalue weighted by molar-refractivity contribution is 6.30. The van der Waals surface area contributed by atoms with Crippen LogP contribution in [0.25, 0.3) is 11.0 Å². The van der Waals surface area contributed by atoms with Crippen molar-refractivity contribution in [3.05, 3.63) is 94.8 Å². The topological polar surface area (TPSA) is 108 Å². The lowest BCUT2D eigenvalue weighted by Crippen LogP contribution is -2.19. The normalized spacial score (nSPS) is 10.3. The first-order valence-electron chi connectivity index (χ1n) is 9.17. The van der Waals surface area contributed by atoms with E-state index in [0.717, 1.165) is 0 Å². The first kappa shape index (κ1) is 20.0. The van der Waals surface area contributed by atoms with Gasteiger partial charge in [-0.05, 0) is 48.5 Å². The standard InChI is InChI=1S/C23H14ClN5O2/c24-16-4-2-6-18(11-16)29-23(31)28-17-5-1-3-14(9-17)22(30)15-7-8-20-21(10-15)27-19(12-25)13-26-20/h1-11,13H,(H2,28,29,31). The van der Waals surface area contributed by atoms with E-state index in [1.807, 2.05) is 6.07 Å². The second-order valence-electron chi connectivity index (χ2n) is 6.57. The van der Waals surface area contributed by atoms with Gasteiger partial charge in [-0.3, -0.25) is 9.78 Å². The second kappa shape index (κ2) is 8.61. The van der Waals surface area contributed by atoms with E-state index in [4.69, 9.17) is 16.9 Å². The van der Waals surface area contributed by atoms with Crippen LogP contribution in [0.3, 0.4) is 0 Å². The SMILES string of the molecule is N#Cc1cnc2ccc(C(=O)c3cccc(NC(=O)Nc4cccc(Cl)c4)c3)cc2n1. The molecule has 150 valence electrons. The Balaban J connectivity index is 1.53. The van der Waals surface area contributed by atoms with Crippen LogP contribution in [-0.4, -0.2) is 21.8 Å². The van der Waals surface area contributed by atoms with Gasteiger partial charge in [0.05, 0.1) is 17.2 Å². The van der Waals surface area contributed by atoms with Gasteiger partial charge in [-0.15, -0.1) is 0 Å². The number of halogens is 1. The van der Waals surface area contributed by atoms with Crippen molar-refractivity contribution < 1.29 is 9.59 Å². The lowest BCUT2D eigenvalue weighted by molar-refractivity contribution is 0.103. The van der Waals surface area contributed by atoms with Gasteiger partial charge in [0.15, 0.2) is 11.5 Å². The maximum atomic E-state index is 13.0. The van der Waals surface area contributed by atoms with Crippen molar-refractivity contribution in [3.8, 4) is 6.07 Å². The quantitative estimate of drug-likeness (QED) is 0.444. The van der Waals surface area contributed by atoms with E-state index in [9.17, 15) is 9.59 Å². The van der Waals surface area contributed by atoms with Gasteiger partial charge in [-0.2, -0.15) is 5.26 Å². The van der Waals surface area contributed by atoms with Gasteiger partial charge >= 0.3 is 6.03 Å². The lowest BCUT2D eigenvalue weighted by atomic mass is 10.0. The van der Waals surface area contributed by atoms with Crippen molar-refractivity contribution in [2.45, 2.75) is 0 Å². The molecule has 8 heteroatoms. The number of ketones is 1. The van der Waals surface area contributed by atoms with Gasteiger partial charge in [0.1, 0.15) is 6.07 Å². The fourth-order valence-corrected chi connectivity index (χ4v) is 3.16. The summed E-state index contributed by atoms with van der Waals surface area (Å²) in [4.78, 5) is 33.5. The molecule has 7 nitrogen and oxygen atoms in total. The summed E-state index contributed by atoms with van der Waals surface area (Å²) in [5, 5.41) is 14.9. The van der Waals surface area contributed by atoms with E-state index in [-0.39, 0.29) is 11.5 Å². The number of hydrogen-bond acceptors (Lipinski definition) is 5. The Kier molecular flexibility index (Phi) is 5.56. The summed E-state index contributed by atoms with van der Waals surface area (Å²) in [5.74, 6) is -0.245. The molecule has 0 atom stereocenters. The molecule has 2 N–H and O–H groups in total. The number of amides is 2. The average molecular weight is 428 g/mol. The monoisotopic (exact) mass is 427 g/mol. The molecular formula is C23H14ClN5O2. The van der Waals surface area contributed by atoms with Crippen LogP contribution in [0.5, 0.6) is 0 Å². The summed E-state index contributed by atoms with van der Waals surface area (Å²) in [7, 11) is 0. The van der Waals surface area contributed by atoms with Crippen LogP contribution in [0.2, 0.25) is 5.02 Å². The summed E-state index contributed by atoms with van der Waals surface area (Å²) in [6.45, 7) is 0. The van der Waals surface area contributed by atoms with Crippen molar-refractivity contribution >= 4 is 45.8 Å². The van der Waals surface area contributed by atoms with Gasteiger partial charge in [0.25, 0.3) is 0 Å². The van der Waals surface area contributed by atoms with Crippen LogP contribution < -0.4 is 10.6 Å². The third kappa shape index (κ3) is 4.66. The minimum Gasteiger partial charge on any atom is -0.308 e. The number of nitriles is 1. The van der Waals surface area contributed by atoms with E-state index < -0.39 is 6.03 Å². The van der Waals surface area contributed by atoms with Crippen molar-refractivity contribution in [2.24, 2.45) is 0 Å². The Labute approximate surface area is 182 Å². The number of nitrogens with one attached hydrogen (secondary N) is 2. The van der Waals surface area contributed by atoms with Gasteiger partial charge in [-0.25, -0.2) is 9.78 Å². The Hall–Kier alpha value is -4.28. The maximum absolute atomic E-state index is 13.0. The van der Waals surface area contributed by atoms with Crippen LogP contribution in [0.1, 0.15) is 21.6 Å². The van der Waals surface area contributed by atoms with Crippen LogP contribution in [0, 0.1) is 11.3 Å². The second-order valence-corrected chi connectivity index (χ2v) is 7.01. The number of anilines is 2. The summed E-state index contributed by atoms with van der Waals surface area (Å²) in [6, 6.07) is 19.8. The minimum absolute atomic E-state index is 0.175. The molecule has 0 saturated carbocycles. The highest BCUT2D eigenvalue weighted by Crippen LogP contribution is 2.19. The van der Waals surface area contributed by atoms with Gasteiger partial charge in [-0.1, -0.05) is 29.8 Å². The fraction of sp³-hybridized carbons (Fsp3) is 0. The van der Waals surface area contributed by atoms with Crippen molar-refractivity contribution in [3.63, 3.8) is 0 Å². The summed E-state index contributed by atoms with van der Waals surface area (Å²) in [6.07, 6.45) is 1.38. The van der Waals surface area contributed by atoms with Crippen molar-refractivity contribution in [1.29, 1.82) is 5.26 Å². The molecule has 1 aromatic heterocycles. The van der Waals surface area contributed by atoms with Crippen molar-refractivity contribution in [2.75, 3.05) is 10.6 Å². The number of rotatable bonds is 4. The van der Waals surface area contributed by atoms with Crippen LogP contribution >= 0.6 is 11.6 Å². The predicted molar refractivity (Wildman–Crippen MR) is 118 cm³/mol. The predicted octanol–water partition coefficient (Wildman–Crippen LogP) is 5.03. The number of fused-ring (bicyclic) bond motifs is 1. The van der Waals surface area contributed by atoms with E-state index in [1.54, 1.807) is 66.7 Å². The smallest absolute Gasteiger partial charge is 0.308 e. The molecule has 0 aliphatic rings. The molecule has 0 saturated heterocycles. The van der Waals surface area contributed by atoms with E-state index in [1.165, 1.54) is 6.20 Å². The summed E-state index contributed by atoms with van der Waals surface area (Å²) < 4.78 is 0. The van der Waals surface area contributed by atoms with E-state index >= 15 is 0 Å². The number of hydrogen-bond donors (Lipinski definition) is 2. The molecule has 0 bridgehead atoms. The van der Waals surface area contributed by atoms with Gasteiger partial charge in [0.2, 0.25) is 0 Å². The molecule has 4 rings (SSSR count). The summed E-state index contributed by atoms with van der Waals surface area (Å²) in [5.41, 5.74) is 3.02. The van der Waals surface area contributed by atoms with E-state index in [0.29, 0.717) is 38.6 Å². The fourth-order valence-electron chi connectivity index (χ4n) is 2.97. The Morgan fingerprint density at radius 3 is 2.32 bits per heavy atom. The molecule has 0 fully saturated rings. The Morgan fingerprint density at radius 2 is 1.58 bits per heavy atom. The molecule has 0 aliphatic heterocycles. The Morgan fingerprint density at radius 1 is 0.871 bits per heavy atom. The van der Waals surface area contributed by atoms with Gasteiger partial charge in [0, 0.05) is 27.5 Å². The first-order valence-corrected chi connectivity index (χ1v) is 9.55. The lowest BCUT2D eigenvalue weighted by Gasteiger charge is -2.09. The number of urea groups is 1. The van der Waals surface area contributed by atoms with Crippen LogP contribution in [0.15, 0.2) is 72.9 Å². The number of carbonyl (C=O) groups excluding carboxylic acids is 2. The number of benzene rings is 3. The zero-order chi connectivity index (χ0) is 21.8. The molecule has 0 radical (unpaired) electrons. The third-order valence-electron chi connectivity index (χ3n) is 4.38. The molecule has 4 aromatic rings. The third-order valence-corrected chi connectivity index (χ3v) is 4.62.